The zero-order chi connectivity index (χ0) is 28.2. The summed E-state index contributed by atoms with van der Waals surface area (Å²) in [7, 11) is 0. The van der Waals surface area contributed by atoms with Crippen LogP contribution in [0, 0.1) is 25.2 Å². The molecule has 10 heteroatoms. The average Bonchev–Trinajstić information content (AvgIpc) is 3.38. The van der Waals surface area contributed by atoms with E-state index in [2.05, 4.69) is 29.4 Å². The topological polar surface area (TPSA) is 116 Å². The molecule has 0 atom stereocenters. The number of nitriles is 1. The fourth-order valence-electron chi connectivity index (χ4n) is 3.33. The maximum absolute atomic E-state index is 12.6. The molecule has 2 aromatic carbocycles. The van der Waals surface area contributed by atoms with Gasteiger partial charge in [-0.3, -0.25) is 10.1 Å². The lowest BCUT2D eigenvalue weighted by molar-refractivity contribution is -0.112. The van der Waals surface area contributed by atoms with Gasteiger partial charge >= 0.3 is 0 Å². The molecular weight excluding hydrogens is 516 g/mol. The summed E-state index contributed by atoms with van der Waals surface area (Å²) in [4.78, 5) is 12.6. The molecular formula is C29H34N4O5S. The number of anilines is 1. The summed E-state index contributed by atoms with van der Waals surface area (Å²) in [5.74, 6) is 1.52. The summed E-state index contributed by atoms with van der Waals surface area (Å²) in [5, 5.41) is 21.4. The van der Waals surface area contributed by atoms with Crippen molar-refractivity contribution < 1.29 is 23.7 Å². The quantitative estimate of drug-likeness (QED) is 0.154. The number of nitrogens with zero attached hydrogens (tertiary/aromatic N) is 3. The van der Waals surface area contributed by atoms with E-state index in [1.54, 1.807) is 18.2 Å². The molecule has 0 saturated heterocycles. The van der Waals surface area contributed by atoms with Gasteiger partial charge < -0.3 is 18.9 Å². The van der Waals surface area contributed by atoms with Gasteiger partial charge in [-0.2, -0.15) is 5.26 Å². The summed E-state index contributed by atoms with van der Waals surface area (Å²) in [6, 6.07) is 13.2. The van der Waals surface area contributed by atoms with Crippen molar-refractivity contribution in [3.63, 3.8) is 0 Å². The summed E-state index contributed by atoms with van der Waals surface area (Å²) in [5.41, 5.74) is 2.97. The Morgan fingerprint density at radius 3 is 2.44 bits per heavy atom. The number of benzene rings is 2. The van der Waals surface area contributed by atoms with Crippen LogP contribution in [0.2, 0.25) is 0 Å². The number of aryl methyl sites for hydroxylation is 2. The number of carbonyl (C=O) groups is 1. The minimum atomic E-state index is -0.555. The van der Waals surface area contributed by atoms with Gasteiger partial charge in [0.1, 0.15) is 35.6 Å². The Kier molecular flexibility index (Phi) is 11.3. The monoisotopic (exact) mass is 550 g/mol. The third kappa shape index (κ3) is 9.09. The van der Waals surface area contributed by atoms with E-state index in [4.69, 9.17) is 18.9 Å². The molecule has 1 N–H and O–H groups in total. The fourth-order valence-corrected chi connectivity index (χ4v) is 4.08. The zero-order valence-corrected chi connectivity index (χ0v) is 23.8. The van der Waals surface area contributed by atoms with E-state index in [-0.39, 0.29) is 11.5 Å². The van der Waals surface area contributed by atoms with E-state index in [0.29, 0.717) is 55.2 Å². The van der Waals surface area contributed by atoms with Crippen molar-refractivity contribution >= 4 is 28.5 Å². The molecule has 206 valence electrons. The number of hydrogen-bond acceptors (Lipinski definition) is 9. The van der Waals surface area contributed by atoms with Gasteiger partial charge in [0.2, 0.25) is 5.13 Å². The van der Waals surface area contributed by atoms with Gasteiger partial charge in [-0.05, 0) is 67.8 Å². The Bertz CT molecular complexity index is 1330. The minimum absolute atomic E-state index is 0.0659. The lowest BCUT2D eigenvalue weighted by atomic mass is 10.1. The molecule has 1 aromatic heterocycles. The zero-order valence-electron chi connectivity index (χ0n) is 22.9. The first-order chi connectivity index (χ1) is 18.8. The third-order valence-electron chi connectivity index (χ3n) is 5.56. The molecule has 39 heavy (non-hydrogen) atoms. The molecule has 0 aliphatic heterocycles. The second-order valence-corrected chi connectivity index (χ2v) is 9.93. The third-order valence-corrected chi connectivity index (χ3v) is 6.70. The molecule has 9 nitrogen and oxygen atoms in total. The second-order valence-electron chi connectivity index (χ2n) is 8.92. The summed E-state index contributed by atoms with van der Waals surface area (Å²) in [6.45, 7) is 12.0. The van der Waals surface area contributed by atoms with Crippen LogP contribution in [-0.4, -0.2) is 49.1 Å². The molecule has 0 fully saturated rings. The van der Waals surface area contributed by atoms with Crippen LogP contribution < -0.4 is 19.5 Å². The van der Waals surface area contributed by atoms with Crippen LogP contribution >= 0.6 is 11.3 Å². The van der Waals surface area contributed by atoms with Crippen LogP contribution in [0.1, 0.15) is 48.4 Å². The Morgan fingerprint density at radius 2 is 1.77 bits per heavy atom. The Hall–Kier alpha value is -3.94. The van der Waals surface area contributed by atoms with E-state index >= 15 is 0 Å². The van der Waals surface area contributed by atoms with Crippen LogP contribution in [0.25, 0.3) is 6.08 Å². The highest BCUT2D eigenvalue weighted by Crippen LogP contribution is 2.30. The van der Waals surface area contributed by atoms with E-state index in [0.717, 1.165) is 10.8 Å². The van der Waals surface area contributed by atoms with Crippen molar-refractivity contribution in [2.45, 2.75) is 40.5 Å². The number of ether oxygens (including phenoxy) is 4. The highest BCUT2D eigenvalue weighted by atomic mass is 32.1. The molecule has 0 saturated carbocycles. The van der Waals surface area contributed by atoms with Crippen molar-refractivity contribution in [2.75, 3.05) is 38.4 Å². The Morgan fingerprint density at radius 1 is 1.00 bits per heavy atom. The van der Waals surface area contributed by atoms with Gasteiger partial charge in [0.15, 0.2) is 11.5 Å². The van der Waals surface area contributed by atoms with Crippen LogP contribution in [0.15, 0.2) is 42.0 Å². The van der Waals surface area contributed by atoms with E-state index in [1.165, 1.54) is 28.5 Å². The van der Waals surface area contributed by atoms with Gasteiger partial charge in [-0.25, -0.2) is 0 Å². The molecule has 1 heterocycles. The molecule has 0 bridgehead atoms. The largest absolute Gasteiger partial charge is 0.491 e. The predicted octanol–water partition coefficient (Wildman–Crippen LogP) is 5.70. The number of nitrogens with one attached hydrogen (secondary N) is 1. The highest BCUT2D eigenvalue weighted by Gasteiger charge is 2.15. The van der Waals surface area contributed by atoms with E-state index in [9.17, 15) is 10.1 Å². The van der Waals surface area contributed by atoms with Crippen LogP contribution in [-0.2, 0) is 9.53 Å². The molecule has 0 aliphatic rings. The molecule has 0 aliphatic carbocycles. The minimum Gasteiger partial charge on any atom is -0.491 e. The number of rotatable bonds is 14. The molecule has 3 rings (SSSR count). The van der Waals surface area contributed by atoms with Crippen molar-refractivity contribution in [2.24, 2.45) is 0 Å². The Balaban J connectivity index is 1.51. The van der Waals surface area contributed by atoms with Gasteiger partial charge in [0, 0.05) is 5.92 Å². The first-order valence-electron chi connectivity index (χ1n) is 12.7. The highest BCUT2D eigenvalue weighted by molar-refractivity contribution is 7.15. The van der Waals surface area contributed by atoms with Crippen molar-refractivity contribution in [1.82, 2.24) is 10.2 Å². The van der Waals surface area contributed by atoms with Crippen LogP contribution in [0.4, 0.5) is 5.13 Å². The van der Waals surface area contributed by atoms with Gasteiger partial charge in [-0.1, -0.05) is 37.3 Å². The maximum atomic E-state index is 12.6. The molecule has 0 spiro atoms. The smallest absolute Gasteiger partial charge is 0.268 e. The SMILES string of the molecule is CCOc1cc(/C=C(/C#N)C(=O)Nc2nnc(C(C)C)s2)ccc1OCCOCCOc1ccc(C)c(C)c1. The molecule has 1 amide bonds. The standard InChI is InChI=1S/C29H34N4O5S/c1-6-36-26-17-22(16-23(18-30)27(34)31-29-33-32-28(39-29)19(2)3)8-10-25(26)38-14-12-35-11-13-37-24-9-7-20(4)21(5)15-24/h7-10,15-17,19H,6,11-14H2,1-5H3,(H,31,33,34)/b23-16-. The van der Waals surface area contributed by atoms with Gasteiger partial charge in [0.25, 0.3) is 5.91 Å². The first-order valence-corrected chi connectivity index (χ1v) is 13.6. The summed E-state index contributed by atoms with van der Waals surface area (Å²) in [6.07, 6.45) is 1.49. The summed E-state index contributed by atoms with van der Waals surface area (Å²) < 4.78 is 22.9. The number of hydrogen-bond donors (Lipinski definition) is 1. The van der Waals surface area contributed by atoms with Crippen molar-refractivity contribution in [3.8, 4) is 23.3 Å². The number of amides is 1. The molecule has 0 radical (unpaired) electrons. The lowest BCUT2D eigenvalue weighted by Gasteiger charge is -2.13. The summed E-state index contributed by atoms with van der Waals surface area (Å²) >= 11 is 1.28. The van der Waals surface area contributed by atoms with Crippen LogP contribution in [0.5, 0.6) is 17.2 Å². The van der Waals surface area contributed by atoms with Crippen LogP contribution in [0.3, 0.4) is 0 Å². The number of aromatic nitrogens is 2. The molecule has 3 aromatic rings. The van der Waals surface area contributed by atoms with E-state index in [1.807, 2.05) is 45.0 Å². The van der Waals surface area contributed by atoms with Gasteiger partial charge in [0.05, 0.1) is 19.8 Å². The van der Waals surface area contributed by atoms with Crippen molar-refractivity contribution in [3.05, 3.63) is 63.7 Å². The average molecular weight is 551 g/mol. The normalized spacial score (nSPS) is 11.3. The van der Waals surface area contributed by atoms with E-state index < -0.39 is 5.91 Å². The Labute approximate surface area is 233 Å². The lowest BCUT2D eigenvalue weighted by Crippen LogP contribution is -2.13. The van der Waals surface area contributed by atoms with Crippen molar-refractivity contribution in [1.29, 1.82) is 5.26 Å². The molecule has 0 unspecified atom stereocenters. The maximum Gasteiger partial charge on any atom is 0.268 e. The predicted molar refractivity (Wildman–Crippen MR) is 152 cm³/mol. The fraction of sp³-hybridized carbons (Fsp3) is 0.379. The number of carbonyl (C=O) groups excluding carboxylic acids is 1. The van der Waals surface area contributed by atoms with Gasteiger partial charge in [-0.15, -0.1) is 10.2 Å². The first kappa shape index (κ1) is 29.6. The second kappa shape index (κ2) is 14.9.